The molecule has 3 rings (SSSR count). The highest BCUT2D eigenvalue weighted by Gasteiger charge is 2.23. The molecule has 3 aromatic rings. The second kappa shape index (κ2) is 13.1. The molecule has 2 aromatic heterocycles. The summed E-state index contributed by atoms with van der Waals surface area (Å²) < 4.78 is 25.9. The zero-order chi connectivity index (χ0) is 27.1. The van der Waals surface area contributed by atoms with E-state index in [1.165, 1.54) is 24.0 Å². The monoisotopic (exact) mass is 708 g/mol. The Morgan fingerprint density at radius 3 is 2.73 bits per heavy atom. The molecule has 37 heavy (non-hydrogen) atoms. The van der Waals surface area contributed by atoms with Crippen LogP contribution in [-0.2, 0) is 27.6 Å². The molecule has 2 heterocycles. The fraction of sp³-hybridized carbons (Fsp3) is 0.227. The highest BCUT2D eigenvalue weighted by Crippen LogP contribution is 2.27. The van der Waals surface area contributed by atoms with Crippen LogP contribution in [0.3, 0.4) is 0 Å². The Bertz CT molecular complexity index is 1330. The predicted octanol–water partition coefficient (Wildman–Crippen LogP) is 4.18. The summed E-state index contributed by atoms with van der Waals surface area (Å²) in [5.41, 5.74) is 0.748. The van der Waals surface area contributed by atoms with Crippen molar-refractivity contribution in [1.82, 2.24) is 20.1 Å². The van der Waals surface area contributed by atoms with E-state index in [1.54, 1.807) is 19.2 Å². The zero-order valence-electron chi connectivity index (χ0n) is 19.4. The minimum absolute atomic E-state index is 0.0320. The standard InChI is InChI=1S/C22H20BrClFIN6O5/c1-27-9-16(33)36-10-12-4-3-7-28-20(12)31(2)22(35)37-11-32-19(23)17(26)18(30-32)21(34)29-15-6-5-13(25)8-14(15)24/h3-8,27H,9-11H2,1-2H3,(H,29,34). The Morgan fingerprint density at radius 2 is 2.03 bits per heavy atom. The summed E-state index contributed by atoms with van der Waals surface area (Å²) >= 11 is 11.2. The van der Waals surface area contributed by atoms with Gasteiger partial charge in [0.15, 0.2) is 12.4 Å². The minimum Gasteiger partial charge on any atom is -0.460 e. The van der Waals surface area contributed by atoms with Gasteiger partial charge in [-0.25, -0.2) is 18.9 Å². The number of pyridine rings is 1. The van der Waals surface area contributed by atoms with Gasteiger partial charge in [0.2, 0.25) is 0 Å². The molecule has 15 heteroatoms. The van der Waals surface area contributed by atoms with Crippen molar-refractivity contribution in [3.8, 4) is 0 Å². The molecule has 0 aliphatic carbocycles. The number of aromatic nitrogens is 3. The fourth-order valence-corrected chi connectivity index (χ4v) is 4.14. The average Bonchev–Trinajstić information content (AvgIpc) is 3.16. The summed E-state index contributed by atoms with van der Waals surface area (Å²) in [6.45, 7) is -0.369. The van der Waals surface area contributed by atoms with Gasteiger partial charge in [0.1, 0.15) is 22.8 Å². The average molecular weight is 710 g/mol. The lowest BCUT2D eigenvalue weighted by molar-refractivity contribution is -0.143. The molecule has 0 spiro atoms. The van der Waals surface area contributed by atoms with Crippen molar-refractivity contribution >= 4 is 79.6 Å². The number of carbonyl (C=O) groups is 3. The minimum atomic E-state index is -0.761. The molecule has 0 bridgehead atoms. The van der Waals surface area contributed by atoms with Crippen LogP contribution in [0, 0.1) is 9.39 Å². The highest BCUT2D eigenvalue weighted by molar-refractivity contribution is 14.1. The molecule has 0 radical (unpaired) electrons. The Kier molecular flexibility index (Phi) is 10.2. The Balaban J connectivity index is 1.67. The first-order valence-electron chi connectivity index (χ1n) is 10.4. The number of likely N-dealkylation sites (N-methyl/N-ethyl adjacent to an activating group) is 1. The number of rotatable bonds is 9. The van der Waals surface area contributed by atoms with Crippen LogP contribution in [0.1, 0.15) is 16.1 Å². The number of amides is 2. The lowest BCUT2D eigenvalue weighted by atomic mass is 10.2. The van der Waals surface area contributed by atoms with Crippen LogP contribution in [-0.4, -0.2) is 53.4 Å². The van der Waals surface area contributed by atoms with Gasteiger partial charge >= 0.3 is 12.1 Å². The Morgan fingerprint density at radius 1 is 1.27 bits per heavy atom. The Labute approximate surface area is 237 Å². The van der Waals surface area contributed by atoms with E-state index in [-0.39, 0.29) is 42.1 Å². The van der Waals surface area contributed by atoms with Crippen molar-refractivity contribution < 1.29 is 28.2 Å². The van der Waals surface area contributed by atoms with E-state index in [1.807, 2.05) is 22.6 Å². The number of nitrogens with one attached hydrogen (secondary N) is 2. The van der Waals surface area contributed by atoms with Crippen molar-refractivity contribution in [2.45, 2.75) is 13.3 Å². The number of esters is 1. The fourth-order valence-electron chi connectivity index (χ4n) is 2.92. The van der Waals surface area contributed by atoms with Gasteiger partial charge in [-0.05, 0) is 69.8 Å². The van der Waals surface area contributed by atoms with Crippen LogP contribution in [0.25, 0.3) is 0 Å². The lowest BCUT2D eigenvalue weighted by Gasteiger charge is -2.19. The molecular formula is C22H20BrClFIN6O5. The van der Waals surface area contributed by atoms with Crippen molar-refractivity contribution in [3.63, 3.8) is 0 Å². The molecule has 0 unspecified atom stereocenters. The number of anilines is 2. The maximum Gasteiger partial charge on any atom is 0.417 e. The second-order valence-corrected chi connectivity index (χ2v) is 9.54. The van der Waals surface area contributed by atoms with Gasteiger partial charge in [-0.2, -0.15) is 5.10 Å². The van der Waals surface area contributed by atoms with Crippen LogP contribution < -0.4 is 15.5 Å². The van der Waals surface area contributed by atoms with Crippen molar-refractivity contribution in [3.05, 3.63) is 66.8 Å². The molecule has 1 aromatic carbocycles. The summed E-state index contributed by atoms with van der Waals surface area (Å²) in [6.07, 6.45) is 0.728. The van der Waals surface area contributed by atoms with Crippen molar-refractivity contribution in [2.75, 3.05) is 30.9 Å². The number of hydrogen-bond donors (Lipinski definition) is 2. The van der Waals surface area contributed by atoms with Crippen LogP contribution in [0.15, 0.2) is 41.1 Å². The normalized spacial score (nSPS) is 10.6. The molecule has 0 aliphatic heterocycles. The van der Waals surface area contributed by atoms with E-state index < -0.39 is 23.8 Å². The number of nitrogens with zero attached hydrogens (tertiary/aromatic N) is 4. The van der Waals surface area contributed by atoms with E-state index in [0.717, 1.165) is 17.0 Å². The summed E-state index contributed by atoms with van der Waals surface area (Å²) in [7, 11) is 3.08. The third kappa shape index (κ3) is 7.37. The van der Waals surface area contributed by atoms with Crippen LogP contribution in [0.2, 0.25) is 5.02 Å². The quantitative estimate of drug-likeness (QED) is 0.251. The molecule has 0 saturated heterocycles. The molecule has 2 N–H and O–H groups in total. The topological polar surface area (TPSA) is 128 Å². The van der Waals surface area contributed by atoms with Gasteiger partial charge in [0, 0.05) is 18.8 Å². The number of carbonyl (C=O) groups excluding carboxylic acids is 3. The molecule has 196 valence electrons. The number of hydrogen-bond acceptors (Lipinski definition) is 8. The van der Waals surface area contributed by atoms with Gasteiger partial charge in [-0.15, -0.1) is 0 Å². The van der Waals surface area contributed by atoms with Crippen LogP contribution >= 0.6 is 50.1 Å². The molecular weight excluding hydrogens is 690 g/mol. The summed E-state index contributed by atoms with van der Waals surface area (Å²) in [6, 6.07) is 6.89. The van der Waals surface area contributed by atoms with E-state index in [2.05, 4.69) is 36.6 Å². The van der Waals surface area contributed by atoms with Crippen molar-refractivity contribution in [2.24, 2.45) is 0 Å². The summed E-state index contributed by atoms with van der Waals surface area (Å²) in [4.78, 5) is 42.4. The van der Waals surface area contributed by atoms with E-state index in [4.69, 9.17) is 21.1 Å². The van der Waals surface area contributed by atoms with Gasteiger partial charge in [-0.3, -0.25) is 14.5 Å². The third-order valence-electron chi connectivity index (χ3n) is 4.71. The number of halogens is 4. The first-order chi connectivity index (χ1) is 17.6. The first kappa shape index (κ1) is 28.7. The highest BCUT2D eigenvalue weighted by atomic mass is 127. The smallest absolute Gasteiger partial charge is 0.417 e. The summed E-state index contributed by atoms with van der Waals surface area (Å²) in [5, 5.41) is 9.49. The summed E-state index contributed by atoms with van der Waals surface area (Å²) in [5.74, 6) is -1.34. The third-order valence-corrected chi connectivity index (χ3v) is 7.59. The lowest BCUT2D eigenvalue weighted by Crippen LogP contribution is -2.30. The Hall–Kier alpha value is -2.82. The number of benzene rings is 1. The maximum atomic E-state index is 13.3. The molecule has 0 atom stereocenters. The van der Waals surface area contributed by atoms with E-state index in [9.17, 15) is 18.8 Å². The first-order valence-corrected chi connectivity index (χ1v) is 12.7. The van der Waals surface area contributed by atoms with E-state index in [0.29, 0.717) is 13.7 Å². The van der Waals surface area contributed by atoms with Gasteiger partial charge < -0.3 is 20.1 Å². The molecule has 2 amide bonds. The van der Waals surface area contributed by atoms with Gasteiger partial charge in [-0.1, -0.05) is 17.7 Å². The largest absolute Gasteiger partial charge is 0.460 e. The molecule has 0 saturated carbocycles. The van der Waals surface area contributed by atoms with Crippen molar-refractivity contribution in [1.29, 1.82) is 0 Å². The molecule has 0 aliphatic rings. The maximum absolute atomic E-state index is 13.3. The molecule has 11 nitrogen and oxygen atoms in total. The van der Waals surface area contributed by atoms with Gasteiger partial charge in [0.05, 0.1) is 20.8 Å². The van der Waals surface area contributed by atoms with Gasteiger partial charge in [0.25, 0.3) is 5.91 Å². The van der Waals surface area contributed by atoms with Crippen LogP contribution in [0.4, 0.5) is 20.7 Å². The van der Waals surface area contributed by atoms with E-state index >= 15 is 0 Å². The SMILES string of the molecule is CNCC(=O)OCc1cccnc1N(C)C(=O)OCn1nc(C(=O)Nc2ccc(F)cc2Cl)c(I)c1Br. The predicted molar refractivity (Wildman–Crippen MR) is 145 cm³/mol. The second-order valence-electron chi connectivity index (χ2n) is 7.31. The molecule has 0 fully saturated rings. The number of ether oxygens (including phenoxy) is 2. The van der Waals surface area contributed by atoms with Crippen LogP contribution in [0.5, 0.6) is 0 Å². The zero-order valence-corrected chi connectivity index (χ0v) is 23.9.